The first-order valence-electron chi connectivity index (χ1n) is 9.57. The smallest absolute Gasteiger partial charge is 0.238 e. The zero-order chi connectivity index (χ0) is 21.7. The molecule has 0 spiro atoms. The number of ether oxygens (including phenoxy) is 1. The van der Waals surface area contributed by atoms with Crippen LogP contribution in [-0.4, -0.2) is 23.2 Å². The maximum atomic E-state index is 12.0. The lowest BCUT2D eigenvalue weighted by Gasteiger charge is -2.29. The zero-order valence-electron chi connectivity index (χ0n) is 16.7. The molecule has 0 aliphatic rings. The largest absolute Gasteiger partial charge is 0.811 e. The molecule has 2 aromatic carbocycles. The van der Waals surface area contributed by atoms with Crippen LogP contribution in [0.4, 0.5) is 0 Å². The third-order valence-electron chi connectivity index (χ3n) is 4.95. The monoisotopic (exact) mass is 429 g/mol. The molecule has 0 saturated heterocycles. The number of nitrogens with one attached hydrogen (secondary N) is 1. The Bertz CT molecular complexity index is 1080. The van der Waals surface area contributed by atoms with Gasteiger partial charge >= 0.3 is 0 Å². The summed E-state index contributed by atoms with van der Waals surface area (Å²) in [6.07, 6.45) is -0.192. The van der Waals surface area contributed by atoms with Crippen molar-refractivity contribution in [3.63, 3.8) is 0 Å². The summed E-state index contributed by atoms with van der Waals surface area (Å²) in [4.78, 5) is 33.5. The highest BCUT2D eigenvalue weighted by Crippen LogP contribution is 2.31. The molecule has 3 aromatic rings. The standard InChI is InChI=1S/C21H26N3O5P/c1-15-18(13-21(25)23-22)19-12-17(29-10-5-11-30(26,27)28)8-9-20(19)24(15)14-16-6-3-2-4-7-16/h2-4,6-9,12H,5,10-11,13-14,22H2,1H3,(H,23,25)(H2,26,27,28)/p-2. The van der Waals surface area contributed by atoms with Gasteiger partial charge in [0.1, 0.15) is 5.75 Å². The molecule has 0 radical (unpaired) electrons. The van der Waals surface area contributed by atoms with Crippen molar-refractivity contribution < 1.29 is 23.9 Å². The molecule has 0 saturated carbocycles. The fraction of sp³-hybridized carbons (Fsp3) is 0.286. The van der Waals surface area contributed by atoms with E-state index in [4.69, 9.17) is 10.6 Å². The van der Waals surface area contributed by atoms with Crippen LogP contribution in [0.2, 0.25) is 0 Å². The summed E-state index contributed by atoms with van der Waals surface area (Å²) in [5.41, 5.74) is 6.05. The Balaban J connectivity index is 1.92. The molecule has 8 nitrogen and oxygen atoms in total. The number of hydrogen-bond donors (Lipinski definition) is 2. The van der Waals surface area contributed by atoms with E-state index in [-0.39, 0.29) is 25.4 Å². The fourth-order valence-electron chi connectivity index (χ4n) is 3.47. The van der Waals surface area contributed by atoms with Crippen molar-refractivity contribution in [3.8, 4) is 5.75 Å². The Hall–Kier alpha value is -2.64. The van der Waals surface area contributed by atoms with E-state index in [9.17, 15) is 19.1 Å². The topological polar surface area (TPSA) is 132 Å². The second-order valence-electron chi connectivity index (χ2n) is 7.10. The number of nitrogens with zero attached hydrogens (tertiary/aromatic N) is 1. The van der Waals surface area contributed by atoms with E-state index in [2.05, 4.69) is 9.99 Å². The van der Waals surface area contributed by atoms with Gasteiger partial charge in [0, 0.05) is 23.1 Å². The molecule has 1 aromatic heterocycles. The maximum Gasteiger partial charge on any atom is 0.238 e. The predicted molar refractivity (Wildman–Crippen MR) is 111 cm³/mol. The fourth-order valence-corrected chi connectivity index (χ4v) is 3.99. The van der Waals surface area contributed by atoms with Crippen LogP contribution in [0.15, 0.2) is 48.5 Å². The normalized spacial score (nSPS) is 11.6. The predicted octanol–water partition coefficient (Wildman–Crippen LogP) is 1.21. The van der Waals surface area contributed by atoms with Gasteiger partial charge in [-0.05, 0) is 48.8 Å². The van der Waals surface area contributed by atoms with Crippen molar-refractivity contribution >= 4 is 24.4 Å². The van der Waals surface area contributed by atoms with Gasteiger partial charge in [-0.3, -0.25) is 10.2 Å². The summed E-state index contributed by atoms with van der Waals surface area (Å²) < 4.78 is 18.5. The van der Waals surface area contributed by atoms with Gasteiger partial charge in [0.15, 0.2) is 0 Å². The van der Waals surface area contributed by atoms with Crippen molar-refractivity contribution in [2.24, 2.45) is 5.84 Å². The molecular weight excluding hydrogens is 405 g/mol. The molecule has 9 heteroatoms. The summed E-state index contributed by atoms with van der Waals surface area (Å²) in [6.45, 7) is 2.72. The molecule has 30 heavy (non-hydrogen) atoms. The minimum Gasteiger partial charge on any atom is -0.811 e. The third-order valence-corrected chi connectivity index (χ3v) is 5.82. The number of hydrazine groups is 1. The van der Waals surface area contributed by atoms with Crippen molar-refractivity contribution in [2.75, 3.05) is 12.8 Å². The number of rotatable bonds is 9. The van der Waals surface area contributed by atoms with E-state index in [1.807, 2.05) is 49.4 Å². The number of nitrogens with two attached hydrogens (primary N) is 1. The second kappa shape index (κ2) is 9.45. The van der Waals surface area contributed by atoms with E-state index in [1.54, 1.807) is 6.07 Å². The molecule has 1 heterocycles. The van der Waals surface area contributed by atoms with E-state index in [0.717, 1.165) is 27.7 Å². The van der Waals surface area contributed by atoms with Gasteiger partial charge in [-0.1, -0.05) is 37.9 Å². The first-order chi connectivity index (χ1) is 14.3. The van der Waals surface area contributed by atoms with Crippen LogP contribution in [0.3, 0.4) is 0 Å². The van der Waals surface area contributed by atoms with Crippen LogP contribution in [-0.2, 0) is 22.3 Å². The summed E-state index contributed by atoms with van der Waals surface area (Å²) >= 11 is 0. The molecule has 3 N–H and O–H groups in total. The molecule has 0 aliphatic heterocycles. The van der Waals surface area contributed by atoms with Crippen molar-refractivity contribution in [1.29, 1.82) is 0 Å². The van der Waals surface area contributed by atoms with Gasteiger partial charge in [-0.25, -0.2) is 5.84 Å². The lowest BCUT2D eigenvalue weighted by molar-refractivity contribution is -0.313. The van der Waals surface area contributed by atoms with Crippen LogP contribution in [0.25, 0.3) is 10.9 Å². The molecule has 160 valence electrons. The number of amides is 1. The summed E-state index contributed by atoms with van der Waals surface area (Å²) in [5, 5.41) is 0.864. The van der Waals surface area contributed by atoms with Crippen LogP contribution < -0.4 is 25.8 Å². The molecule has 0 unspecified atom stereocenters. The Morgan fingerprint density at radius 2 is 1.93 bits per heavy atom. The van der Waals surface area contributed by atoms with Gasteiger partial charge in [0.05, 0.1) is 13.0 Å². The highest BCUT2D eigenvalue weighted by Gasteiger charge is 2.17. The van der Waals surface area contributed by atoms with E-state index < -0.39 is 13.8 Å². The lowest BCUT2D eigenvalue weighted by Crippen LogP contribution is -2.31. The Kier molecular flexibility index (Phi) is 6.95. The molecule has 0 bridgehead atoms. The molecule has 0 aliphatic carbocycles. The number of hydrogen-bond acceptors (Lipinski definition) is 6. The van der Waals surface area contributed by atoms with Crippen LogP contribution in [0.5, 0.6) is 5.75 Å². The van der Waals surface area contributed by atoms with Gasteiger partial charge in [0.2, 0.25) is 5.91 Å². The van der Waals surface area contributed by atoms with Crippen molar-refractivity contribution in [2.45, 2.75) is 26.3 Å². The van der Waals surface area contributed by atoms with Gasteiger partial charge in [0.25, 0.3) is 0 Å². The molecule has 1 amide bonds. The van der Waals surface area contributed by atoms with Crippen LogP contribution in [0, 0.1) is 6.92 Å². The summed E-state index contributed by atoms with van der Waals surface area (Å²) in [5.74, 6) is 5.53. The average Bonchev–Trinajstić information content (AvgIpc) is 2.96. The molecular formula is C21H24N3O5P-2. The number of carbonyl (C=O) groups excluding carboxylic acids is 1. The Labute approximate surface area is 174 Å². The minimum atomic E-state index is -4.53. The molecule has 0 atom stereocenters. The Morgan fingerprint density at radius 1 is 1.20 bits per heavy atom. The van der Waals surface area contributed by atoms with Gasteiger partial charge < -0.3 is 23.7 Å². The summed E-state index contributed by atoms with van der Waals surface area (Å²) in [7, 11) is -4.53. The number of benzene rings is 2. The van der Waals surface area contributed by atoms with E-state index >= 15 is 0 Å². The number of carbonyl (C=O) groups is 1. The van der Waals surface area contributed by atoms with Crippen molar-refractivity contribution in [3.05, 3.63) is 65.4 Å². The number of aromatic nitrogens is 1. The minimum absolute atomic E-state index is 0.113. The highest BCUT2D eigenvalue weighted by atomic mass is 31.2. The quantitative estimate of drug-likeness (QED) is 0.173. The highest BCUT2D eigenvalue weighted by molar-refractivity contribution is 7.48. The molecule has 0 fully saturated rings. The SMILES string of the molecule is Cc1c(CC(=O)NN)c2cc(OCCCP(=O)([O-])[O-])ccc2n1Cc1ccccc1. The van der Waals surface area contributed by atoms with E-state index in [1.165, 1.54) is 0 Å². The first-order valence-corrected chi connectivity index (χ1v) is 11.3. The van der Waals surface area contributed by atoms with Crippen LogP contribution in [0.1, 0.15) is 23.2 Å². The van der Waals surface area contributed by atoms with Gasteiger partial charge in [-0.2, -0.15) is 0 Å². The summed E-state index contributed by atoms with van der Waals surface area (Å²) in [6, 6.07) is 15.5. The Morgan fingerprint density at radius 3 is 2.60 bits per heavy atom. The lowest BCUT2D eigenvalue weighted by atomic mass is 10.1. The van der Waals surface area contributed by atoms with Crippen molar-refractivity contribution in [1.82, 2.24) is 9.99 Å². The third kappa shape index (κ3) is 5.49. The first kappa shape index (κ1) is 22.1. The van der Waals surface area contributed by atoms with Gasteiger partial charge in [-0.15, -0.1) is 0 Å². The van der Waals surface area contributed by atoms with Crippen LogP contribution >= 0.6 is 7.60 Å². The average molecular weight is 429 g/mol. The number of fused-ring (bicyclic) bond motifs is 1. The second-order valence-corrected chi connectivity index (χ2v) is 8.76. The van der Waals surface area contributed by atoms with E-state index in [0.29, 0.717) is 12.3 Å². The maximum absolute atomic E-state index is 12.0. The zero-order valence-corrected chi connectivity index (χ0v) is 17.6. The molecule has 3 rings (SSSR count).